The van der Waals surface area contributed by atoms with Gasteiger partial charge in [0.25, 0.3) is 11.7 Å². The summed E-state index contributed by atoms with van der Waals surface area (Å²) >= 11 is 0. The van der Waals surface area contributed by atoms with Crippen LogP contribution in [0.1, 0.15) is 144 Å². The fourth-order valence-electron chi connectivity index (χ4n) is 11.3. The number of ether oxygens (including phenoxy) is 6. The van der Waals surface area contributed by atoms with Gasteiger partial charge in [0.05, 0.1) is 30.5 Å². The Balaban J connectivity index is 1.43. The summed E-state index contributed by atoms with van der Waals surface area (Å²) in [5, 5.41) is 27.1. The second kappa shape index (κ2) is 25.0. The van der Waals surface area contributed by atoms with E-state index in [1.165, 1.54) is 25.5 Å². The number of amides is 2. The summed E-state index contributed by atoms with van der Waals surface area (Å²) in [5.41, 5.74) is 1.66. The van der Waals surface area contributed by atoms with Gasteiger partial charge in [0.1, 0.15) is 30.6 Å². The minimum Gasteiger partial charge on any atom is -0.456 e. The number of rotatable bonds is 10. The Morgan fingerprint density at radius 2 is 1.55 bits per heavy atom. The standard InChI is InChI=1S/C51H82N2O13/c1-10-36-23-30(2)22-31(3)24-43(62-8)47-44(63-9)26-33(5)51(60,66-47)48(57)49(58)53-21-15-14-18-38(53)50(59)65-46(34(6)39(54)28-40(36)55)32(4)25-35-19-20-41(42(27-35)61-7)64-29-45(56)52-37-16-12-11-13-17-37/h23,25,31,33-39,41-44,46-47,54,60H,10-22,24,26-29H2,1-9H3,(H,52,56)/b30-23+,32-25+/t31-,33+,34+,35?,36+,38-,39-,41+,42+,43-,44-,46+,47+,51+/m0/s1. The smallest absolute Gasteiger partial charge is 0.329 e. The molecule has 3 aliphatic heterocycles. The summed E-state index contributed by atoms with van der Waals surface area (Å²) < 4.78 is 36.4. The summed E-state index contributed by atoms with van der Waals surface area (Å²) in [6, 6.07) is -0.958. The monoisotopic (exact) mass is 931 g/mol. The van der Waals surface area contributed by atoms with Crippen molar-refractivity contribution in [3.8, 4) is 0 Å². The van der Waals surface area contributed by atoms with Gasteiger partial charge in [0, 0.05) is 58.1 Å². The van der Waals surface area contributed by atoms with E-state index >= 15 is 0 Å². The molecule has 374 valence electrons. The van der Waals surface area contributed by atoms with E-state index in [1.54, 1.807) is 21.0 Å². The quantitative estimate of drug-likeness (QED) is 0.132. The van der Waals surface area contributed by atoms with E-state index in [0.29, 0.717) is 56.9 Å². The van der Waals surface area contributed by atoms with Crippen molar-refractivity contribution in [2.75, 3.05) is 34.5 Å². The Labute approximate surface area is 393 Å². The Hall–Kier alpha value is -3.05. The first-order valence-electron chi connectivity index (χ1n) is 25.0. The predicted molar refractivity (Wildman–Crippen MR) is 247 cm³/mol. The number of aliphatic hydroxyl groups is 2. The van der Waals surface area contributed by atoms with E-state index < -0.39 is 77.8 Å². The lowest BCUT2D eigenvalue weighted by molar-refractivity contribution is -0.302. The molecule has 3 N–H and O–H groups in total. The van der Waals surface area contributed by atoms with Crippen LogP contribution in [-0.2, 0) is 52.4 Å². The van der Waals surface area contributed by atoms with E-state index in [1.807, 2.05) is 32.9 Å². The molecule has 4 fully saturated rings. The van der Waals surface area contributed by atoms with Crippen molar-refractivity contribution in [1.29, 1.82) is 0 Å². The van der Waals surface area contributed by atoms with Gasteiger partial charge in [-0.15, -0.1) is 0 Å². The number of nitrogens with one attached hydrogen (secondary N) is 1. The zero-order valence-electron chi connectivity index (χ0n) is 41.3. The van der Waals surface area contributed by atoms with Gasteiger partial charge in [-0.05, 0) is 108 Å². The molecular weight excluding hydrogens is 849 g/mol. The second-order valence-electron chi connectivity index (χ2n) is 20.3. The van der Waals surface area contributed by atoms with Crippen molar-refractivity contribution in [3.63, 3.8) is 0 Å². The maximum Gasteiger partial charge on any atom is 0.329 e. The van der Waals surface area contributed by atoms with Gasteiger partial charge < -0.3 is 48.9 Å². The largest absolute Gasteiger partial charge is 0.456 e. The maximum atomic E-state index is 14.5. The van der Waals surface area contributed by atoms with Gasteiger partial charge in [0.15, 0.2) is 0 Å². The summed E-state index contributed by atoms with van der Waals surface area (Å²) in [7, 11) is 4.70. The van der Waals surface area contributed by atoms with Gasteiger partial charge >= 0.3 is 5.97 Å². The molecular formula is C51H82N2O13. The molecule has 5 aliphatic rings. The van der Waals surface area contributed by atoms with E-state index in [-0.39, 0.29) is 74.2 Å². The van der Waals surface area contributed by atoms with Crippen molar-refractivity contribution in [3.05, 3.63) is 23.3 Å². The summed E-state index contributed by atoms with van der Waals surface area (Å²) in [5.74, 6) is -7.74. The normalized spacial score (nSPS) is 38.7. The molecule has 66 heavy (non-hydrogen) atoms. The lowest BCUT2D eigenvalue weighted by Gasteiger charge is -2.47. The predicted octanol–water partition coefficient (Wildman–Crippen LogP) is 5.95. The first kappa shape index (κ1) is 53.9. The van der Waals surface area contributed by atoms with E-state index in [0.717, 1.165) is 31.3 Å². The van der Waals surface area contributed by atoms with Crippen molar-refractivity contribution >= 4 is 29.4 Å². The highest BCUT2D eigenvalue weighted by Gasteiger charge is 2.56. The Morgan fingerprint density at radius 1 is 0.879 bits per heavy atom. The minimum absolute atomic E-state index is 0.0244. The number of methoxy groups -OCH3 is 3. The lowest BCUT2D eigenvalue weighted by Crippen LogP contribution is -2.64. The van der Waals surface area contributed by atoms with Gasteiger partial charge in [-0.1, -0.05) is 64.7 Å². The highest BCUT2D eigenvalue weighted by atomic mass is 16.7. The Kier molecular flexibility index (Phi) is 20.4. The number of ketones is 2. The van der Waals surface area contributed by atoms with Crippen LogP contribution in [0.25, 0.3) is 0 Å². The number of nitrogens with zero attached hydrogens (tertiary/aromatic N) is 1. The number of carbonyl (C=O) groups excluding carboxylic acids is 5. The first-order valence-corrected chi connectivity index (χ1v) is 25.0. The number of aliphatic hydroxyl groups excluding tert-OH is 1. The molecule has 0 aromatic carbocycles. The molecule has 0 spiro atoms. The molecule has 2 saturated carbocycles. The molecule has 5 rings (SSSR count). The highest BCUT2D eigenvalue weighted by Crippen LogP contribution is 2.39. The molecule has 3 heterocycles. The third kappa shape index (κ3) is 13.6. The summed E-state index contributed by atoms with van der Waals surface area (Å²) in [4.78, 5) is 71.2. The number of hydrogen-bond acceptors (Lipinski definition) is 13. The van der Waals surface area contributed by atoms with Crippen LogP contribution in [-0.4, -0.2) is 140 Å². The minimum atomic E-state index is -2.52. The molecule has 15 heteroatoms. The van der Waals surface area contributed by atoms with Crippen LogP contribution in [0.15, 0.2) is 23.3 Å². The maximum absolute atomic E-state index is 14.5. The molecule has 1 unspecified atom stereocenters. The third-order valence-corrected chi connectivity index (χ3v) is 15.3. The third-order valence-electron chi connectivity index (χ3n) is 15.3. The molecule has 2 amide bonds. The highest BCUT2D eigenvalue weighted by molar-refractivity contribution is 6.39. The van der Waals surface area contributed by atoms with Crippen LogP contribution < -0.4 is 5.32 Å². The molecule has 2 aliphatic carbocycles. The van der Waals surface area contributed by atoms with Gasteiger partial charge in [0.2, 0.25) is 11.7 Å². The fourth-order valence-corrected chi connectivity index (χ4v) is 11.3. The average Bonchev–Trinajstić information content (AvgIpc) is 3.30. The van der Waals surface area contributed by atoms with Crippen LogP contribution in [0.3, 0.4) is 0 Å². The van der Waals surface area contributed by atoms with Crippen molar-refractivity contribution in [2.24, 2.45) is 29.6 Å². The number of cyclic esters (lactones) is 1. The Bertz CT molecular complexity index is 1710. The van der Waals surface area contributed by atoms with Crippen LogP contribution in [0.2, 0.25) is 0 Å². The number of Topliss-reactive ketones (excluding diaryl/α,β-unsaturated/α-hetero) is 2. The number of esters is 1. The first-order chi connectivity index (χ1) is 31.4. The number of piperidine rings is 1. The van der Waals surface area contributed by atoms with Gasteiger partial charge in [-0.2, -0.15) is 0 Å². The molecule has 14 atom stereocenters. The average molecular weight is 931 g/mol. The number of fused-ring (bicyclic) bond motifs is 3. The van der Waals surface area contributed by atoms with Gasteiger partial charge in [-0.3, -0.25) is 19.2 Å². The van der Waals surface area contributed by atoms with Gasteiger partial charge in [-0.25, -0.2) is 4.79 Å². The zero-order chi connectivity index (χ0) is 48.3. The number of carbonyl (C=O) groups is 5. The van der Waals surface area contributed by atoms with E-state index in [9.17, 15) is 34.2 Å². The van der Waals surface area contributed by atoms with Crippen LogP contribution in [0, 0.1) is 29.6 Å². The molecule has 0 radical (unpaired) electrons. The lowest BCUT2D eigenvalue weighted by atomic mass is 9.81. The second-order valence-corrected chi connectivity index (χ2v) is 20.3. The molecule has 15 nitrogen and oxygen atoms in total. The van der Waals surface area contributed by atoms with E-state index in [4.69, 9.17) is 28.4 Å². The molecule has 2 saturated heterocycles. The fraction of sp³-hybridized carbons (Fsp3) is 0.824. The van der Waals surface area contributed by atoms with E-state index in [2.05, 4.69) is 12.2 Å². The van der Waals surface area contributed by atoms with Crippen molar-refractivity contribution in [2.45, 2.75) is 205 Å². The summed E-state index contributed by atoms with van der Waals surface area (Å²) in [6.07, 6.45) is 9.51. The van der Waals surface area contributed by atoms with Crippen LogP contribution in [0.4, 0.5) is 0 Å². The topological polar surface area (TPSA) is 196 Å². The van der Waals surface area contributed by atoms with Crippen LogP contribution in [0.5, 0.6) is 0 Å². The molecule has 2 bridgehead atoms. The molecule has 0 aromatic rings. The Morgan fingerprint density at radius 3 is 2.21 bits per heavy atom. The van der Waals surface area contributed by atoms with Crippen LogP contribution >= 0.6 is 0 Å². The van der Waals surface area contributed by atoms with Crippen molar-refractivity contribution < 1.29 is 62.6 Å². The summed E-state index contributed by atoms with van der Waals surface area (Å²) in [6.45, 7) is 11.3. The SMILES string of the molecule is CC[C@@H]1/C=C(\C)C[C@H](C)C[C@H](OC)[C@H]2O[C@@](O)(C(=O)C(=O)N3CCCC[C@H]3C(=O)O[C@H](/C(C)=C/C3CC[C@@H](OCC(=O)NC4CCCCC4)[C@H](OC)C3)[C@H](C)[C@@H](O)CC1=O)[C@H](C)C[C@@H]2OC. The number of allylic oxidation sites excluding steroid dienone is 3. The molecule has 0 aromatic heterocycles. The zero-order valence-corrected chi connectivity index (χ0v) is 41.3. The van der Waals surface area contributed by atoms with Crippen molar-refractivity contribution in [1.82, 2.24) is 10.2 Å². The number of hydrogen-bond donors (Lipinski definition) is 3.